The third kappa shape index (κ3) is 5.36. The SMILES string of the molecule is COc1c(Cl)cc(Cl)cc1C(=O)Nc1ccc(N2CCN(Cc3ccccc3)CC2)cc1. The largest absolute Gasteiger partial charge is 0.494 e. The minimum atomic E-state index is -0.325. The Hall–Kier alpha value is -2.73. The highest BCUT2D eigenvalue weighted by Crippen LogP contribution is 2.32. The normalized spacial score (nSPS) is 14.3. The van der Waals surface area contributed by atoms with E-state index in [2.05, 4.69) is 39.4 Å². The molecule has 0 spiro atoms. The van der Waals surface area contributed by atoms with E-state index < -0.39 is 0 Å². The molecule has 0 bridgehead atoms. The van der Waals surface area contributed by atoms with Crippen molar-refractivity contribution >= 4 is 40.5 Å². The molecule has 32 heavy (non-hydrogen) atoms. The number of carbonyl (C=O) groups is 1. The first-order valence-corrected chi connectivity index (χ1v) is 11.2. The van der Waals surface area contributed by atoms with Crippen LogP contribution in [0.15, 0.2) is 66.7 Å². The molecule has 0 aromatic heterocycles. The Morgan fingerprint density at radius 1 is 0.969 bits per heavy atom. The van der Waals surface area contributed by atoms with Crippen molar-refractivity contribution in [2.24, 2.45) is 0 Å². The molecule has 4 rings (SSSR count). The zero-order valence-corrected chi connectivity index (χ0v) is 19.4. The fraction of sp³-hybridized carbons (Fsp3) is 0.240. The van der Waals surface area contributed by atoms with Crippen LogP contribution < -0.4 is 15.0 Å². The monoisotopic (exact) mass is 469 g/mol. The molecule has 3 aromatic rings. The number of methoxy groups -OCH3 is 1. The predicted octanol–water partition coefficient (Wildman–Crippen LogP) is 5.58. The summed E-state index contributed by atoms with van der Waals surface area (Å²) in [6.07, 6.45) is 0. The Morgan fingerprint density at radius 2 is 1.66 bits per heavy atom. The molecular formula is C25H25Cl2N3O2. The van der Waals surface area contributed by atoms with Gasteiger partial charge in [0.15, 0.2) is 0 Å². The summed E-state index contributed by atoms with van der Waals surface area (Å²) in [5.41, 5.74) is 3.48. The number of carbonyl (C=O) groups excluding carboxylic acids is 1. The highest BCUT2D eigenvalue weighted by Gasteiger charge is 2.19. The number of hydrogen-bond donors (Lipinski definition) is 1. The third-order valence-electron chi connectivity index (χ3n) is 5.57. The summed E-state index contributed by atoms with van der Waals surface area (Å²) in [5.74, 6) is -0.0212. The van der Waals surface area contributed by atoms with Gasteiger partial charge in [-0.2, -0.15) is 0 Å². The average Bonchev–Trinajstić information content (AvgIpc) is 2.80. The standard InChI is InChI=1S/C25H25Cl2N3O2/c1-32-24-22(15-19(26)16-23(24)27)25(31)28-20-7-9-21(10-8-20)30-13-11-29(12-14-30)17-18-5-3-2-4-6-18/h2-10,15-16H,11-14,17H2,1H3,(H,28,31). The summed E-state index contributed by atoms with van der Waals surface area (Å²) < 4.78 is 5.27. The number of nitrogens with one attached hydrogen (secondary N) is 1. The van der Waals surface area contributed by atoms with Gasteiger partial charge in [0.05, 0.1) is 17.7 Å². The number of hydrogen-bond acceptors (Lipinski definition) is 4. The van der Waals surface area contributed by atoms with Gasteiger partial charge in [0.25, 0.3) is 5.91 Å². The smallest absolute Gasteiger partial charge is 0.259 e. The fourth-order valence-corrected chi connectivity index (χ4v) is 4.47. The van der Waals surface area contributed by atoms with Gasteiger partial charge >= 0.3 is 0 Å². The molecule has 5 nitrogen and oxygen atoms in total. The molecular weight excluding hydrogens is 445 g/mol. The van der Waals surface area contributed by atoms with Crippen LogP contribution in [0.5, 0.6) is 5.75 Å². The molecule has 0 radical (unpaired) electrons. The number of rotatable bonds is 6. The van der Waals surface area contributed by atoms with Crippen molar-refractivity contribution < 1.29 is 9.53 Å². The summed E-state index contributed by atoms with van der Waals surface area (Å²) in [4.78, 5) is 17.6. The van der Waals surface area contributed by atoms with Crippen LogP contribution in [-0.2, 0) is 6.54 Å². The Kier molecular flexibility index (Phi) is 7.20. The summed E-state index contributed by atoms with van der Waals surface area (Å²) in [5, 5.41) is 3.56. The molecule has 1 N–H and O–H groups in total. The number of nitrogens with zero attached hydrogens (tertiary/aromatic N) is 2. The van der Waals surface area contributed by atoms with Crippen LogP contribution in [0.4, 0.5) is 11.4 Å². The van der Waals surface area contributed by atoms with Gasteiger partial charge in [-0.05, 0) is 42.0 Å². The molecule has 1 aliphatic heterocycles. The van der Waals surface area contributed by atoms with Gasteiger partial charge in [-0.3, -0.25) is 9.69 Å². The summed E-state index contributed by atoms with van der Waals surface area (Å²) in [6.45, 7) is 4.95. The van der Waals surface area contributed by atoms with E-state index in [4.69, 9.17) is 27.9 Å². The Balaban J connectivity index is 1.35. The molecule has 1 aliphatic rings. The van der Waals surface area contributed by atoms with Gasteiger partial charge < -0.3 is 15.0 Å². The number of piperazine rings is 1. The average molecular weight is 470 g/mol. The van der Waals surface area contributed by atoms with Crippen LogP contribution in [0, 0.1) is 0 Å². The highest BCUT2D eigenvalue weighted by molar-refractivity contribution is 6.36. The number of benzene rings is 3. The van der Waals surface area contributed by atoms with Gasteiger partial charge in [-0.25, -0.2) is 0 Å². The molecule has 166 valence electrons. The van der Waals surface area contributed by atoms with Crippen molar-refractivity contribution in [2.75, 3.05) is 43.5 Å². The number of halogens is 2. The molecule has 3 aromatic carbocycles. The van der Waals surface area contributed by atoms with E-state index in [1.54, 1.807) is 12.1 Å². The molecule has 0 atom stereocenters. The fourth-order valence-electron chi connectivity index (χ4n) is 3.90. The van der Waals surface area contributed by atoms with Gasteiger partial charge in [-0.15, -0.1) is 0 Å². The van der Waals surface area contributed by atoms with Crippen molar-refractivity contribution in [3.8, 4) is 5.75 Å². The molecule has 1 saturated heterocycles. The Morgan fingerprint density at radius 3 is 2.31 bits per heavy atom. The maximum absolute atomic E-state index is 12.7. The van der Waals surface area contributed by atoms with E-state index in [0.29, 0.717) is 27.0 Å². The second-order valence-electron chi connectivity index (χ2n) is 7.72. The lowest BCUT2D eigenvalue weighted by atomic mass is 10.1. The number of anilines is 2. The molecule has 0 aliphatic carbocycles. The van der Waals surface area contributed by atoms with Crippen LogP contribution in [0.3, 0.4) is 0 Å². The molecule has 1 heterocycles. The summed E-state index contributed by atoms with van der Waals surface area (Å²) in [6, 6.07) is 21.5. The van der Waals surface area contributed by atoms with Crippen molar-refractivity contribution in [3.63, 3.8) is 0 Å². The third-order valence-corrected chi connectivity index (χ3v) is 6.07. The van der Waals surface area contributed by atoms with Gasteiger partial charge in [-0.1, -0.05) is 53.5 Å². The van der Waals surface area contributed by atoms with E-state index in [0.717, 1.165) is 38.4 Å². The lowest BCUT2D eigenvalue weighted by molar-refractivity contribution is 0.102. The van der Waals surface area contributed by atoms with Crippen LogP contribution in [-0.4, -0.2) is 44.1 Å². The van der Waals surface area contributed by atoms with Crippen molar-refractivity contribution in [1.29, 1.82) is 0 Å². The van der Waals surface area contributed by atoms with Crippen LogP contribution >= 0.6 is 23.2 Å². The molecule has 7 heteroatoms. The number of ether oxygens (including phenoxy) is 1. The minimum absolute atomic E-state index is 0.295. The lowest BCUT2D eigenvalue weighted by Crippen LogP contribution is -2.45. The van der Waals surface area contributed by atoms with Crippen LogP contribution in [0.1, 0.15) is 15.9 Å². The molecule has 1 fully saturated rings. The van der Waals surface area contributed by atoms with E-state index in [9.17, 15) is 4.79 Å². The second-order valence-corrected chi connectivity index (χ2v) is 8.56. The number of amides is 1. The molecule has 0 unspecified atom stereocenters. The van der Waals surface area contributed by atoms with E-state index >= 15 is 0 Å². The maximum atomic E-state index is 12.7. The minimum Gasteiger partial charge on any atom is -0.494 e. The summed E-state index contributed by atoms with van der Waals surface area (Å²) in [7, 11) is 1.47. The quantitative estimate of drug-likeness (QED) is 0.511. The first kappa shape index (κ1) is 22.5. The molecule has 0 saturated carbocycles. The van der Waals surface area contributed by atoms with Gasteiger partial charge in [0, 0.05) is 49.1 Å². The van der Waals surface area contributed by atoms with Crippen LogP contribution in [0.2, 0.25) is 10.0 Å². The van der Waals surface area contributed by atoms with Crippen LogP contribution in [0.25, 0.3) is 0 Å². The zero-order chi connectivity index (χ0) is 22.5. The Bertz CT molecular complexity index is 1070. The first-order chi connectivity index (χ1) is 15.5. The van der Waals surface area contributed by atoms with Crippen molar-refractivity contribution in [2.45, 2.75) is 6.54 Å². The maximum Gasteiger partial charge on any atom is 0.259 e. The van der Waals surface area contributed by atoms with Crippen molar-refractivity contribution in [3.05, 3.63) is 87.9 Å². The van der Waals surface area contributed by atoms with E-state index in [-0.39, 0.29) is 5.91 Å². The predicted molar refractivity (Wildman–Crippen MR) is 131 cm³/mol. The second kappa shape index (κ2) is 10.3. The van der Waals surface area contributed by atoms with Gasteiger partial charge in [0.2, 0.25) is 0 Å². The summed E-state index contributed by atoms with van der Waals surface area (Å²) >= 11 is 12.2. The van der Waals surface area contributed by atoms with Gasteiger partial charge in [0.1, 0.15) is 5.75 Å². The highest BCUT2D eigenvalue weighted by atomic mass is 35.5. The van der Waals surface area contributed by atoms with E-state index in [1.807, 2.05) is 30.3 Å². The lowest BCUT2D eigenvalue weighted by Gasteiger charge is -2.36. The Labute approximate surface area is 198 Å². The zero-order valence-electron chi connectivity index (χ0n) is 17.9. The molecule has 1 amide bonds. The topological polar surface area (TPSA) is 44.8 Å². The van der Waals surface area contributed by atoms with E-state index in [1.165, 1.54) is 12.7 Å². The first-order valence-electron chi connectivity index (χ1n) is 10.5. The van der Waals surface area contributed by atoms with Crippen molar-refractivity contribution in [1.82, 2.24) is 4.90 Å².